The number of hydrogen-bond donors (Lipinski definition) is 3. The van der Waals surface area contributed by atoms with Crippen molar-refractivity contribution in [2.75, 3.05) is 16.0 Å². The van der Waals surface area contributed by atoms with Gasteiger partial charge in [0.05, 0.1) is 0 Å². The first-order chi connectivity index (χ1) is 12.2. The Morgan fingerprint density at radius 1 is 1.04 bits per heavy atom. The molecule has 0 saturated heterocycles. The van der Waals surface area contributed by atoms with E-state index in [1.165, 1.54) is 6.92 Å². The van der Waals surface area contributed by atoms with E-state index in [1.807, 2.05) is 42.6 Å². The van der Waals surface area contributed by atoms with Crippen molar-refractivity contribution in [3.05, 3.63) is 66.6 Å². The molecule has 25 heavy (non-hydrogen) atoms. The van der Waals surface area contributed by atoms with Gasteiger partial charge in [0.25, 0.3) is 0 Å². The molecule has 2 aromatic heterocycles. The molecule has 3 aromatic rings. The zero-order valence-electron chi connectivity index (χ0n) is 13.7. The summed E-state index contributed by atoms with van der Waals surface area (Å²) in [4.78, 5) is 23.8. The number of aromatic nitrogens is 3. The molecule has 3 rings (SSSR count). The summed E-state index contributed by atoms with van der Waals surface area (Å²) in [5.74, 6) is 1.11. The minimum atomic E-state index is -0.101. The standard InChI is InChI=1S/C18H18N6O/c1-13(25)22-15-4-6-16(7-5-15)23-18-20-10-8-17(24-18)21-12-14-3-2-9-19-11-14/h2-11H,12H2,1H3,(H,22,25)(H2,20,21,23,24). The Labute approximate surface area is 145 Å². The molecule has 3 N–H and O–H groups in total. The Morgan fingerprint density at radius 2 is 1.84 bits per heavy atom. The van der Waals surface area contributed by atoms with Crippen molar-refractivity contribution >= 4 is 29.0 Å². The highest BCUT2D eigenvalue weighted by Crippen LogP contribution is 2.17. The minimum Gasteiger partial charge on any atom is -0.366 e. The van der Waals surface area contributed by atoms with E-state index < -0.39 is 0 Å². The topological polar surface area (TPSA) is 91.8 Å². The van der Waals surface area contributed by atoms with Gasteiger partial charge < -0.3 is 16.0 Å². The lowest BCUT2D eigenvalue weighted by Crippen LogP contribution is -2.06. The molecule has 0 aliphatic carbocycles. The van der Waals surface area contributed by atoms with Gasteiger partial charge in [0.15, 0.2) is 0 Å². The van der Waals surface area contributed by atoms with E-state index in [0.29, 0.717) is 12.5 Å². The van der Waals surface area contributed by atoms with Crippen LogP contribution in [-0.4, -0.2) is 20.9 Å². The Morgan fingerprint density at radius 3 is 2.56 bits per heavy atom. The van der Waals surface area contributed by atoms with Crippen molar-refractivity contribution in [1.29, 1.82) is 0 Å². The number of nitrogens with one attached hydrogen (secondary N) is 3. The van der Waals surface area contributed by atoms with Crippen molar-refractivity contribution in [2.45, 2.75) is 13.5 Å². The first-order valence-electron chi connectivity index (χ1n) is 7.79. The van der Waals surface area contributed by atoms with Crippen molar-refractivity contribution < 1.29 is 4.79 Å². The molecule has 0 radical (unpaired) electrons. The molecule has 7 heteroatoms. The monoisotopic (exact) mass is 334 g/mol. The van der Waals surface area contributed by atoms with Gasteiger partial charge in [0, 0.05) is 43.4 Å². The summed E-state index contributed by atoms with van der Waals surface area (Å²) < 4.78 is 0. The van der Waals surface area contributed by atoms with E-state index in [9.17, 15) is 4.79 Å². The largest absolute Gasteiger partial charge is 0.366 e. The van der Waals surface area contributed by atoms with Crippen LogP contribution in [0.25, 0.3) is 0 Å². The summed E-state index contributed by atoms with van der Waals surface area (Å²) in [7, 11) is 0. The molecule has 0 fully saturated rings. The van der Waals surface area contributed by atoms with Gasteiger partial charge >= 0.3 is 0 Å². The van der Waals surface area contributed by atoms with Crippen LogP contribution in [0.3, 0.4) is 0 Å². The fourth-order valence-corrected chi connectivity index (χ4v) is 2.18. The average molecular weight is 334 g/mol. The second-order valence-electron chi connectivity index (χ2n) is 5.36. The van der Waals surface area contributed by atoms with E-state index in [2.05, 4.69) is 30.9 Å². The molecular weight excluding hydrogens is 316 g/mol. The molecule has 0 aliphatic rings. The summed E-state index contributed by atoms with van der Waals surface area (Å²) in [6.07, 6.45) is 5.24. The molecule has 1 aromatic carbocycles. The third kappa shape index (κ3) is 5.00. The lowest BCUT2D eigenvalue weighted by Gasteiger charge is -2.09. The Kier molecular flexibility index (Phi) is 5.16. The van der Waals surface area contributed by atoms with Crippen LogP contribution in [0.15, 0.2) is 61.1 Å². The van der Waals surface area contributed by atoms with Gasteiger partial charge in [0.1, 0.15) is 5.82 Å². The quantitative estimate of drug-likeness (QED) is 0.641. The molecule has 126 valence electrons. The lowest BCUT2D eigenvalue weighted by atomic mass is 10.3. The molecule has 0 aliphatic heterocycles. The molecule has 0 bridgehead atoms. The van der Waals surface area contributed by atoms with Crippen LogP contribution in [0, 0.1) is 0 Å². The molecular formula is C18H18N6O. The van der Waals surface area contributed by atoms with Gasteiger partial charge in [-0.1, -0.05) is 6.07 Å². The maximum Gasteiger partial charge on any atom is 0.229 e. The summed E-state index contributed by atoms with van der Waals surface area (Å²) >= 11 is 0. The summed E-state index contributed by atoms with van der Waals surface area (Å²) in [5, 5.41) is 9.10. The molecule has 1 amide bonds. The van der Waals surface area contributed by atoms with Gasteiger partial charge in [-0.05, 0) is 42.0 Å². The highest BCUT2D eigenvalue weighted by atomic mass is 16.1. The Hall–Kier alpha value is -3.48. The first kappa shape index (κ1) is 16.4. The van der Waals surface area contributed by atoms with Crippen LogP contribution in [0.5, 0.6) is 0 Å². The zero-order chi connectivity index (χ0) is 17.5. The van der Waals surface area contributed by atoms with Gasteiger partial charge in [-0.15, -0.1) is 0 Å². The number of benzene rings is 1. The van der Waals surface area contributed by atoms with Crippen molar-refractivity contribution in [1.82, 2.24) is 15.0 Å². The number of anilines is 4. The normalized spacial score (nSPS) is 10.1. The predicted molar refractivity (Wildman–Crippen MR) is 97.6 cm³/mol. The SMILES string of the molecule is CC(=O)Nc1ccc(Nc2nccc(NCc3cccnc3)n2)cc1. The highest BCUT2D eigenvalue weighted by molar-refractivity contribution is 5.88. The number of pyridine rings is 1. The number of amides is 1. The number of rotatable bonds is 6. The van der Waals surface area contributed by atoms with Gasteiger partial charge in [-0.25, -0.2) is 4.98 Å². The van der Waals surface area contributed by atoms with Crippen LogP contribution < -0.4 is 16.0 Å². The predicted octanol–water partition coefficient (Wildman–Crippen LogP) is 3.19. The molecule has 0 spiro atoms. The molecule has 0 unspecified atom stereocenters. The summed E-state index contributed by atoms with van der Waals surface area (Å²) in [5.41, 5.74) is 2.65. The average Bonchev–Trinajstić information content (AvgIpc) is 2.62. The number of carbonyl (C=O) groups excluding carboxylic acids is 1. The van der Waals surface area contributed by atoms with Crippen LogP contribution in [0.4, 0.5) is 23.1 Å². The molecule has 7 nitrogen and oxygen atoms in total. The smallest absolute Gasteiger partial charge is 0.229 e. The van der Waals surface area contributed by atoms with Crippen LogP contribution in [-0.2, 0) is 11.3 Å². The maximum absolute atomic E-state index is 11.0. The second-order valence-corrected chi connectivity index (χ2v) is 5.36. The number of hydrogen-bond acceptors (Lipinski definition) is 6. The number of nitrogens with zero attached hydrogens (tertiary/aromatic N) is 3. The van der Waals surface area contributed by atoms with E-state index in [1.54, 1.807) is 18.5 Å². The third-order valence-electron chi connectivity index (χ3n) is 3.31. The Bertz CT molecular complexity index is 836. The highest BCUT2D eigenvalue weighted by Gasteiger charge is 2.02. The summed E-state index contributed by atoms with van der Waals surface area (Å²) in [6, 6.07) is 13.0. The van der Waals surface area contributed by atoms with Gasteiger partial charge in [-0.2, -0.15) is 4.98 Å². The van der Waals surface area contributed by atoms with Crippen LogP contribution >= 0.6 is 0 Å². The van der Waals surface area contributed by atoms with Crippen molar-refractivity contribution in [3.8, 4) is 0 Å². The summed E-state index contributed by atoms with van der Waals surface area (Å²) in [6.45, 7) is 2.11. The van der Waals surface area contributed by atoms with E-state index in [0.717, 1.165) is 22.8 Å². The third-order valence-corrected chi connectivity index (χ3v) is 3.31. The van der Waals surface area contributed by atoms with Crippen LogP contribution in [0.2, 0.25) is 0 Å². The van der Waals surface area contributed by atoms with Crippen LogP contribution in [0.1, 0.15) is 12.5 Å². The second kappa shape index (κ2) is 7.87. The zero-order valence-corrected chi connectivity index (χ0v) is 13.7. The Balaban J connectivity index is 1.62. The van der Waals surface area contributed by atoms with Gasteiger partial charge in [-0.3, -0.25) is 9.78 Å². The molecule has 0 saturated carbocycles. The fraction of sp³-hybridized carbons (Fsp3) is 0.111. The van der Waals surface area contributed by atoms with Gasteiger partial charge in [0.2, 0.25) is 11.9 Å². The molecule has 0 atom stereocenters. The maximum atomic E-state index is 11.0. The lowest BCUT2D eigenvalue weighted by molar-refractivity contribution is -0.114. The van der Waals surface area contributed by atoms with Crippen molar-refractivity contribution in [3.63, 3.8) is 0 Å². The van der Waals surface area contributed by atoms with E-state index >= 15 is 0 Å². The fourth-order valence-electron chi connectivity index (χ4n) is 2.18. The minimum absolute atomic E-state index is 0.101. The number of carbonyl (C=O) groups is 1. The van der Waals surface area contributed by atoms with Crippen molar-refractivity contribution in [2.24, 2.45) is 0 Å². The van der Waals surface area contributed by atoms with E-state index in [4.69, 9.17) is 0 Å². The first-order valence-corrected chi connectivity index (χ1v) is 7.79. The van der Waals surface area contributed by atoms with E-state index in [-0.39, 0.29) is 5.91 Å². The molecule has 2 heterocycles.